The number of hydrogen-bond donors (Lipinski definition) is 1. The molecule has 0 aromatic carbocycles. The predicted molar refractivity (Wildman–Crippen MR) is 41.4 cm³/mol. The lowest BCUT2D eigenvalue weighted by Crippen LogP contribution is -2.26. The number of aliphatic hydroxyl groups is 1. The summed E-state index contributed by atoms with van der Waals surface area (Å²) in [6, 6.07) is 0. The zero-order chi connectivity index (χ0) is 8.10. The first kappa shape index (κ1) is 8.97. The summed E-state index contributed by atoms with van der Waals surface area (Å²) >= 11 is 0. The summed E-state index contributed by atoms with van der Waals surface area (Å²) in [7, 11) is 0. The number of rotatable bonds is 2. The fraction of sp³-hybridized carbons (Fsp3) is 1.00. The summed E-state index contributed by atoms with van der Waals surface area (Å²) in [6.07, 6.45) is 0.505. The number of ether oxygens (including phenoxy) is 2. The second-order valence-electron chi connectivity index (χ2n) is 2.89. The highest BCUT2D eigenvalue weighted by Gasteiger charge is 2.19. The van der Waals surface area contributed by atoms with Crippen LogP contribution in [0.5, 0.6) is 0 Å². The van der Waals surface area contributed by atoms with Gasteiger partial charge in [0.25, 0.3) is 0 Å². The Morgan fingerprint density at radius 2 is 1.91 bits per heavy atom. The Labute approximate surface area is 67.3 Å². The van der Waals surface area contributed by atoms with E-state index in [0.29, 0.717) is 26.4 Å². The normalized spacial score (nSPS) is 24.5. The molecule has 11 heavy (non-hydrogen) atoms. The van der Waals surface area contributed by atoms with Crippen LogP contribution in [0.4, 0.5) is 0 Å². The molecule has 1 heterocycles. The molecule has 1 rings (SSSR count). The Morgan fingerprint density at radius 1 is 1.36 bits per heavy atom. The molecule has 0 aliphatic carbocycles. The van der Waals surface area contributed by atoms with Gasteiger partial charge in [-0.25, -0.2) is 0 Å². The highest BCUT2D eigenvalue weighted by atomic mass is 16.5. The maximum atomic E-state index is 9.45. The Morgan fingerprint density at radius 3 is 2.36 bits per heavy atom. The van der Waals surface area contributed by atoms with Gasteiger partial charge in [0.1, 0.15) is 0 Å². The van der Waals surface area contributed by atoms with Gasteiger partial charge in [-0.1, -0.05) is 6.92 Å². The summed E-state index contributed by atoms with van der Waals surface area (Å²) in [6.45, 7) is 4.56. The zero-order valence-electron chi connectivity index (χ0n) is 6.95. The first-order chi connectivity index (χ1) is 5.34. The third-order valence-corrected chi connectivity index (χ3v) is 2.00. The molecule has 0 aromatic heterocycles. The maximum absolute atomic E-state index is 9.45. The molecular formula is C8H16O3. The van der Waals surface area contributed by atoms with Crippen molar-refractivity contribution in [3.05, 3.63) is 0 Å². The van der Waals surface area contributed by atoms with Crippen LogP contribution in [-0.2, 0) is 9.47 Å². The molecule has 1 saturated heterocycles. The summed E-state index contributed by atoms with van der Waals surface area (Å²) < 4.78 is 10.5. The van der Waals surface area contributed by atoms with Crippen LogP contribution in [0, 0.1) is 5.92 Å². The van der Waals surface area contributed by atoms with E-state index < -0.39 is 0 Å². The van der Waals surface area contributed by atoms with Gasteiger partial charge in [0.05, 0.1) is 32.5 Å². The van der Waals surface area contributed by atoms with Crippen molar-refractivity contribution in [3.63, 3.8) is 0 Å². The van der Waals surface area contributed by atoms with E-state index in [1.165, 1.54) is 0 Å². The molecule has 0 aromatic rings. The molecule has 3 nitrogen and oxygen atoms in total. The molecule has 0 bridgehead atoms. The first-order valence-corrected chi connectivity index (χ1v) is 4.18. The van der Waals surface area contributed by atoms with E-state index in [9.17, 15) is 5.11 Å². The Hall–Kier alpha value is -0.120. The lowest BCUT2D eigenvalue weighted by Gasteiger charge is -2.18. The predicted octanol–water partition coefficient (Wildman–Crippen LogP) is 0.420. The lowest BCUT2D eigenvalue weighted by atomic mass is 10.0. The monoisotopic (exact) mass is 160 g/mol. The van der Waals surface area contributed by atoms with E-state index in [0.717, 1.165) is 6.42 Å². The average molecular weight is 160 g/mol. The second kappa shape index (κ2) is 4.70. The molecule has 0 saturated carbocycles. The molecule has 1 unspecified atom stereocenters. The molecule has 3 heteroatoms. The highest BCUT2D eigenvalue weighted by molar-refractivity contribution is 4.67. The van der Waals surface area contributed by atoms with Gasteiger partial charge in [0.15, 0.2) is 0 Å². The van der Waals surface area contributed by atoms with Gasteiger partial charge in [0, 0.05) is 5.92 Å². The van der Waals surface area contributed by atoms with Crippen molar-refractivity contribution in [1.29, 1.82) is 0 Å². The zero-order valence-corrected chi connectivity index (χ0v) is 6.95. The van der Waals surface area contributed by atoms with Gasteiger partial charge in [0.2, 0.25) is 0 Å². The van der Waals surface area contributed by atoms with E-state index >= 15 is 0 Å². The van der Waals surface area contributed by atoms with Crippen LogP contribution in [0.1, 0.15) is 13.3 Å². The van der Waals surface area contributed by atoms with Gasteiger partial charge >= 0.3 is 0 Å². The minimum absolute atomic E-state index is 0.169. The molecule has 1 atom stereocenters. The summed E-state index contributed by atoms with van der Waals surface area (Å²) in [5.41, 5.74) is 0. The van der Waals surface area contributed by atoms with Gasteiger partial charge < -0.3 is 14.6 Å². The van der Waals surface area contributed by atoms with Crippen molar-refractivity contribution in [2.45, 2.75) is 19.4 Å². The van der Waals surface area contributed by atoms with Crippen LogP contribution in [0.2, 0.25) is 0 Å². The van der Waals surface area contributed by atoms with Crippen LogP contribution in [-0.4, -0.2) is 37.6 Å². The molecule has 0 amide bonds. The van der Waals surface area contributed by atoms with E-state index in [4.69, 9.17) is 9.47 Å². The quantitative estimate of drug-likeness (QED) is 0.636. The smallest absolute Gasteiger partial charge is 0.0700 e. The third-order valence-electron chi connectivity index (χ3n) is 2.00. The standard InChI is InChI=1S/C8H16O3/c1-2-8(9)7-5-10-3-4-11-6-7/h7-9H,2-6H2,1H3. The molecule has 1 aliphatic rings. The highest BCUT2D eigenvalue weighted by Crippen LogP contribution is 2.11. The molecule has 1 fully saturated rings. The van der Waals surface area contributed by atoms with Gasteiger partial charge in [-0.15, -0.1) is 0 Å². The van der Waals surface area contributed by atoms with E-state index in [-0.39, 0.29) is 12.0 Å². The average Bonchev–Trinajstić information content (AvgIpc) is 2.30. The molecule has 1 N–H and O–H groups in total. The maximum Gasteiger partial charge on any atom is 0.0700 e. The van der Waals surface area contributed by atoms with Crippen molar-refractivity contribution in [1.82, 2.24) is 0 Å². The van der Waals surface area contributed by atoms with Crippen LogP contribution >= 0.6 is 0 Å². The van der Waals surface area contributed by atoms with Crippen LogP contribution < -0.4 is 0 Å². The Balaban J connectivity index is 2.30. The molecule has 66 valence electrons. The second-order valence-corrected chi connectivity index (χ2v) is 2.89. The largest absolute Gasteiger partial charge is 0.393 e. The lowest BCUT2D eigenvalue weighted by molar-refractivity contribution is 0.0283. The number of hydrogen-bond acceptors (Lipinski definition) is 3. The minimum atomic E-state index is -0.270. The minimum Gasteiger partial charge on any atom is -0.393 e. The van der Waals surface area contributed by atoms with Crippen molar-refractivity contribution in [3.8, 4) is 0 Å². The van der Waals surface area contributed by atoms with E-state index in [1.54, 1.807) is 0 Å². The summed E-state index contributed by atoms with van der Waals surface area (Å²) in [5.74, 6) is 0.169. The Bertz CT molecular complexity index is 97.5. The number of aliphatic hydroxyl groups excluding tert-OH is 1. The van der Waals surface area contributed by atoms with E-state index in [1.807, 2.05) is 6.92 Å². The summed E-state index contributed by atoms with van der Waals surface area (Å²) in [4.78, 5) is 0. The van der Waals surface area contributed by atoms with Crippen molar-refractivity contribution in [2.75, 3.05) is 26.4 Å². The van der Waals surface area contributed by atoms with Crippen LogP contribution in [0.15, 0.2) is 0 Å². The van der Waals surface area contributed by atoms with Crippen LogP contribution in [0.3, 0.4) is 0 Å². The summed E-state index contributed by atoms with van der Waals surface area (Å²) in [5, 5.41) is 9.45. The topological polar surface area (TPSA) is 38.7 Å². The van der Waals surface area contributed by atoms with Crippen LogP contribution in [0.25, 0.3) is 0 Å². The molecule has 0 spiro atoms. The van der Waals surface area contributed by atoms with Gasteiger partial charge in [-0.2, -0.15) is 0 Å². The van der Waals surface area contributed by atoms with Crippen molar-refractivity contribution < 1.29 is 14.6 Å². The Kier molecular flexibility index (Phi) is 3.83. The SMILES string of the molecule is CCC(O)C1COCCOC1. The van der Waals surface area contributed by atoms with Crippen molar-refractivity contribution >= 4 is 0 Å². The van der Waals surface area contributed by atoms with Gasteiger partial charge in [-0.05, 0) is 6.42 Å². The van der Waals surface area contributed by atoms with Gasteiger partial charge in [-0.3, -0.25) is 0 Å². The third kappa shape index (κ3) is 2.77. The van der Waals surface area contributed by atoms with Crippen molar-refractivity contribution in [2.24, 2.45) is 5.92 Å². The molecular weight excluding hydrogens is 144 g/mol. The first-order valence-electron chi connectivity index (χ1n) is 4.18. The molecule has 0 radical (unpaired) electrons. The fourth-order valence-corrected chi connectivity index (χ4v) is 1.19. The molecule has 1 aliphatic heterocycles. The fourth-order valence-electron chi connectivity index (χ4n) is 1.19. The van der Waals surface area contributed by atoms with E-state index in [2.05, 4.69) is 0 Å².